The van der Waals surface area contributed by atoms with Crippen LogP contribution in [0, 0.1) is 29.3 Å². The first-order chi connectivity index (χ1) is 11.5. The summed E-state index contributed by atoms with van der Waals surface area (Å²) in [7, 11) is 0. The van der Waals surface area contributed by atoms with E-state index in [1.54, 1.807) is 0 Å². The first kappa shape index (κ1) is 17.5. The number of carbonyl (C=O) groups is 1. The van der Waals surface area contributed by atoms with E-state index in [-0.39, 0.29) is 5.92 Å². The van der Waals surface area contributed by atoms with Crippen LogP contribution in [0.4, 0.5) is 13.2 Å². The van der Waals surface area contributed by atoms with Gasteiger partial charge in [0.05, 0.1) is 0 Å². The number of Topliss-reactive ketones (excluding diaryl/α,β-unsaturated/α-hetero) is 1. The van der Waals surface area contributed by atoms with Crippen molar-refractivity contribution in [2.45, 2.75) is 70.1 Å². The SMILES string of the molecule is O=C1CCC(CCC2CCC(c3cc(F)c(F)c(F)c3)CC2)CC1. The lowest BCUT2D eigenvalue weighted by Crippen LogP contribution is -2.17. The van der Waals surface area contributed by atoms with E-state index in [4.69, 9.17) is 0 Å². The van der Waals surface area contributed by atoms with Crippen LogP contribution in [0.15, 0.2) is 12.1 Å². The van der Waals surface area contributed by atoms with Crippen molar-refractivity contribution in [3.8, 4) is 0 Å². The Hall–Kier alpha value is -1.32. The van der Waals surface area contributed by atoms with E-state index >= 15 is 0 Å². The molecule has 2 saturated carbocycles. The fourth-order valence-corrected chi connectivity index (χ4v) is 4.35. The van der Waals surface area contributed by atoms with Crippen LogP contribution < -0.4 is 0 Å². The smallest absolute Gasteiger partial charge is 0.194 e. The first-order valence-corrected chi connectivity index (χ1v) is 9.19. The van der Waals surface area contributed by atoms with Crippen LogP contribution >= 0.6 is 0 Å². The molecule has 24 heavy (non-hydrogen) atoms. The van der Waals surface area contributed by atoms with Gasteiger partial charge in [0.25, 0.3) is 0 Å². The predicted octanol–water partition coefficient (Wildman–Crippen LogP) is 5.92. The molecule has 132 valence electrons. The molecule has 0 aliphatic heterocycles. The maximum Gasteiger partial charge on any atom is 0.194 e. The summed E-state index contributed by atoms with van der Waals surface area (Å²) in [5, 5.41) is 0. The molecule has 2 aliphatic rings. The van der Waals surface area contributed by atoms with E-state index in [0.29, 0.717) is 23.2 Å². The molecule has 1 aromatic rings. The van der Waals surface area contributed by atoms with Crippen molar-refractivity contribution in [3.05, 3.63) is 35.1 Å². The molecule has 0 spiro atoms. The molecule has 0 N–H and O–H groups in total. The summed E-state index contributed by atoms with van der Waals surface area (Å²) in [5.74, 6) is -1.63. The van der Waals surface area contributed by atoms with Crippen molar-refractivity contribution >= 4 is 5.78 Å². The minimum atomic E-state index is -1.38. The Morgan fingerprint density at radius 2 is 1.29 bits per heavy atom. The van der Waals surface area contributed by atoms with Crippen molar-refractivity contribution in [3.63, 3.8) is 0 Å². The average molecular weight is 338 g/mol. The summed E-state index contributed by atoms with van der Waals surface area (Å²) in [6.07, 6.45) is 9.94. The summed E-state index contributed by atoms with van der Waals surface area (Å²) in [6.45, 7) is 0. The Labute approximate surface area is 141 Å². The molecule has 0 unspecified atom stereocenters. The van der Waals surface area contributed by atoms with Crippen LogP contribution in [-0.2, 0) is 4.79 Å². The Balaban J connectivity index is 1.46. The Kier molecular flexibility index (Phi) is 5.62. The molecule has 0 atom stereocenters. The zero-order valence-electron chi connectivity index (χ0n) is 14.0. The second-order valence-corrected chi connectivity index (χ2v) is 7.58. The number of hydrogen-bond acceptors (Lipinski definition) is 1. The second-order valence-electron chi connectivity index (χ2n) is 7.58. The van der Waals surface area contributed by atoms with Crippen molar-refractivity contribution < 1.29 is 18.0 Å². The highest BCUT2D eigenvalue weighted by molar-refractivity contribution is 5.78. The Morgan fingerprint density at radius 1 is 0.792 bits per heavy atom. The van der Waals surface area contributed by atoms with Gasteiger partial charge in [-0.3, -0.25) is 4.79 Å². The maximum atomic E-state index is 13.4. The van der Waals surface area contributed by atoms with Crippen molar-refractivity contribution in [1.82, 2.24) is 0 Å². The highest BCUT2D eigenvalue weighted by atomic mass is 19.2. The third-order valence-electron chi connectivity index (χ3n) is 5.97. The molecule has 1 aromatic carbocycles. The van der Waals surface area contributed by atoms with E-state index in [1.807, 2.05) is 0 Å². The lowest BCUT2D eigenvalue weighted by molar-refractivity contribution is -0.121. The number of rotatable bonds is 4. The van der Waals surface area contributed by atoms with Gasteiger partial charge in [-0.2, -0.15) is 0 Å². The molecule has 0 bridgehead atoms. The summed E-state index contributed by atoms with van der Waals surface area (Å²) in [5.41, 5.74) is 0.593. The molecule has 1 nitrogen and oxygen atoms in total. The van der Waals surface area contributed by atoms with E-state index < -0.39 is 17.5 Å². The third kappa shape index (κ3) is 4.20. The molecule has 0 heterocycles. The second kappa shape index (κ2) is 7.71. The standard InChI is InChI=1S/C20H25F3O/c21-18-11-16(12-19(22)20(18)23)15-7-3-13(4-8-15)1-2-14-5-9-17(24)10-6-14/h11-15H,1-10H2. The molecule has 0 amide bonds. The predicted molar refractivity (Wildman–Crippen MR) is 87.2 cm³/mol. The van der Waals surface area contributed by atoms with E-state index in [1.165, 1.54) is 12.8 Å². The number of carbonyl (C=O) groups excluding carboxylic acids is 1. The van der Waals surface area contributed by atoms with Gasteiger partial charge in [0.15, 0.2) is 17.5 Å². The van der Waals surface area contributed by atoms with E-state index in [9.17, 15) is 18.0 Å². The van der Waals surface area contributed by atoms with Crippen LogP contribution in [-0.4, -0.2) is 5.78 Å². The molecule has 2 fully saturated rings. The normalized spacial score (nSPS) is 25.9. The minimum absolute atomic E-state index is 0.137. The average Bonchev–Trinajstić information content (AvgIpc) is 2.59. The molecule has 0 saturated heterocycles. The van der Waals surface area contributed by atoms with Crippen LogP contribution in [0.3, 0.4) is 0 Å². The molecule has 0 aromatic heterocycles. The van der Waals surface area contributed by atoms with Gasteiger partial charge in [0.1, 0.15) is 5.78 Å². The van der Waals surface area contributed by atoms with E-state index in [0.717, 1.165) is 63.5 Å². The number of hydrogen-bond donors (Lipinski definition) is 0. The maximum absolute atomic E-state index is 13.4. The van der Waals surface area contributed by atoms with Crippen molar-refractivity contribution in [2.75, 3.05) is 0 Å². The third-order valence-corrected chi connectivity index (χ3v) is 5.97. The van der Waals surface area contributed by atoms with Gasteiger partial charge in [-0.25, -0.2) is 13.2 Å². The topological polar surface area (TPSA) is 17.1 Å². The van der Waals surface area contributed by atoms with Gasteiger partial charge in [0, 0.05) is 12.8 Å². The Morgan fingerprint density at radius 3 is 1.83 bits per heavy atom. The van der Waals surface area contributed by atoms with Crippen molar-refractivity contribution in [2.24, 2.45) is 11.8 Å². The quantitative estimate of drug-likeness (QED) is 0.623. The minimum Gasteiger partial charge on any atom is -0.300 e. The highest BCUT2D eigenvalue weighted by Gasteiger charge is 2.26. The summed E-state index contributed by atoms with van der Waals surface area (Å²) in [4.78, 5) is 11.3. The van der Waals surface area contributed by atoms with Crippen LogP contribution in [0.2, 0.25) is 0 Å². The lowest BCUT2D eigenvalue weighted by Gasteiger charge is -2.30. The van der Waals surface area contributed by atoms with Crippen LogP contribution in [0.1, 0.15) is 75.7 Å². The zero-order chi connectivity index (χ0) is 17.1. The molecule has 4 heteroatoms. The number of halogens is 3. The number of benzene rings is 1. The summed E-state index contributed by atoms with van der Waals surface area (Å²) < 4.78 is 39.8. The van der Waals surface area contributed by atoms with E-state index in [2.05, 4.69) is 0 Å². The largest absolute Gasteiger partial charge is 0.300 e. The lowest BCUT2D eigenvalue weighted by atomic mass is 9.75. The highest BCUT2D eigenvalue weighted by Crippen LogP contribution is 2.39. The fraction of sp³-hybridized carbons (Fsp3) is 0.650. The van der Waals surface area contributed by atoms with Gasteiger partial charge in [-0.05, 0) is 74.0 Å². The molecule has 3 rings (SSSR count). The van der Waals surface area contributed by atoms with Gasteiger partial charge >= 0.3 is 0 Å². The fourth-order valence-electron chi connectivity index (χ4n) is 4.35. The summed E-state index contributed by atoms with van der Waals surface area (Å²) >= 11 is 0. The van der Waals surface area contributed by atoms with Gasteiger partial charge in [-0.1, -0.05) is 12.8 Å². The Bertz CT molecular complexity index is 558. The van der Waals surface area contributed by atoms with Crippen LogP contribution in [0.25, 0.3) is 0 Å². The monoisotopic (exact) mass is 338 g/mol. The molecule has 0 radical (unpaired) electrons. The van der Waals surface area contributed by atoms with Gasteiger partial charge < -0.3 is 0 Å². The first-order valence-electron chi connectivity index (χ1n) is 9.19. The van der Waals surface area contributed by atoms with Crippen LogP contribution in [0.5, 0.6) is 0 Å². The van der Waals surface area contributed by atoms with Gasteiger partial charge in [0.2, 0.25) is 0 Å². The molecule has 2 aliphatic carbocycles. The molecular weight excluding hydrogens is 313 g/mol. The zero-order valence-corrected chi connectivity index (χ0v) is 14.0. The molecular formula is C20H25F3O. The van der Waals surface area contributed by atoms with Crippen molar-refractivity contribution in [1.29, 1.82) is 0 Å². The summed E-state index contributed by atoms with van der Waals surface area (Å²) in [6, 6.07) is 2.31. The van der Waals surface area contributed by atoms with Gasteiger partial charge in [-0.15, -0.1) is 0 Å². The number of ketones is 1.